The Morgan fingerprint density at radius 3 is 2.75 bits per heavy atom. The molecule has 3 aromatic heterocycles. The van der Waals surface area contributed by atoms with Crippen LogP contribution in [0.4, 0.5) is 0 Å². The number of hydrogen-bond donors (Lipinski definition) is 0. The van der Waals surface area contributed by atoms with E-state index in [2.05, 4.69) is 39.4 Å². The normalized spacial score (nSPS) is 11.1. The van der Waals surface area contributed by atoms with E-state index in [0.717, 1.165) is 40.3 Å². The minimum absolute atomic E-state index is 0.662. The molecule has 0 saturated heterocycles. The number of furan rings is 1. The lowest BCUT2D eigenvalue weighted by molar-refractivity contribution is 0.534. The third-order valence-electron chi connectivity index (χ3n) is 3.77. The number of aryl methyl sites for hydroxylation is 4. The number of aromatic nitrogens is 5. The number of nitrogens with zero attached hydrogens (tertiary/aromatic N) is 5. The molecule has 0 saturated carbocycles. The van der Waals surface area contributed by atoms with Gasteiger partial charge in [-0.3, -0.25) is 9.25 Å². The van der Waals surface area contributed by atoms with E-state index in [1.807, 2.05) is 30.7 Å². The summed E-state index contributed by atoms with van der Waals surface area (Å²) >= 11 is 1.67. The van der Waals surface area contributed by atoms with E-state index in [-0.39, 0.29) is 0 Å². The van der Waals surface area contributed by atoms with Crippen molar-refractivity contribution < 1.29 is 4.42 Å². The zero-order valence-corrected chi connectivity index (χ0v) is 15.0. The van der Waals surface area contributed by atoms with Gasteiger partial charge in [0.15, 0.2) is 11.0 Å². The average Bonchev–Trinajstić information content (AvgIpc) is 3.21. The first-order valence-corrected chi connectivity index (χ1v) is 8.81. The van der Waals surface area contributed by atoms with Crippen molar-refractivity contribution in [2.24, 2.45) is 0 Å². The maximum absolute atomic E-state index is 5.39. The van der Waals surface area contributed by atoms with E-state index < -0.39 is 0 Å². The summed E-state index contributed by atoms with van der Waals surface area (Å²) < 4.78 is 9.48. The highest BCUT2D eigenvalue weighted by Gasteiger charge is 2.16. The molecule has 0 atom stereocenters. The van der Waals surface area contributed by atoms with Gasteiger partial charge in [-0.2, -0.15) is 5.10 Å². The Bertz CT molecular complexity index is 845. The van der Waals surface area contributed by atoms with E-state index in [4.69, 9.17) is 4.42 Å². The molecule has 126 valence electrons. The highest BCUT2D eigenvalue weighted by molar-refractivity contribution is 7.99. The maximum Gasteiger partial charge on any atom is 0.191 e. The molecule has 0 aromatic carbocycles. The highest BCUT2D eigenvalue weighted by Crippen LogP contribution is 2.27. The van der Waals surface area contributed by atoms with E-state index in [9.17, 15) is 0 Å². The van der Waals surface area contributed by atoms with Crippen molar-refractivity contribution in [3.63, 3.8) is 0 Å². The van der Waals surface area contributed by atoms with Crippen molar-refractivity contribution in [1.29, 1.82) is 0 Å². The lowest BCUT2D eigenvalue weighted by Gasteiger charge is -2.08. The molecule has 0 unspecified atom stereocenters. The largest absolute Gasteiger partial charge is 0.469 e. The van der Waals surface area contributed by atoms with Gasteiger partial charge in [0.25, 0.3) is 0 Å². The van der Waals surface area contributed by atoms with E-state index >= 15 is 0 Å². The maximum atomic E-state index is 5.39. The zero-order chi connectivity index (χ0) is 17.1. The number of hydrogen-bond acceptors (Lipinski definition) is 5. The van der Waals surface area contributed by atoms with Gasteiger partial charge in [0.05, 0.1) is 24.1 Å². The molecular weight excluding hydrogens is 322 g/mol. The standard InChI is InChI=1S/C17H21N5OS/c1-5-7-21-16(15-6-9-23-14(15)4)18-19-17(21)24-10-8-22-13(3)11-12(2)20-22/h5-6,9,11H,1,7-8,10H2,2-4H3. The average molecular weight is 343 g/mol. The fourth-order valence-corrected chi connectivity index (χ4v) is 3.49. The molecule has 0 radical (unpaired) electrons. The van der Waals surface area contributed by atoms with Gasteiger partial charge >= 0.3 is 0 Å². The van der Waals surface area contributed by atoms with Gasteiger partial charge in [-0.15, -0.1) is 16.8 Å². The van der Waals surface area contributed by atoms with Gasteiger partial charge < -0.3 is 4.42 Å². The lowest BCUT2D eigenvalue weighted by Crippen LogP contribution is -2.06. The number of thioether (sulfide) groups is 1. The fourth-order valence-electron chi connectivity index (χ4n) is 2.63. The smallest absolute Gasteiger partial charge is 0.191 e. The van der Waals surface area contributed by atoms with E-state index in [1.165, 1.54) is 5.69 Å². The van der Waals surface area contributed by atoms with Crippen LogP contribution in [0.2, 0.25) is 0 Å². The first-order valence-electron chi connectivity index (χ1n) is 7.82. The summed E-state index contributed by atoms with van der Waals surface area (Å²) in [6.07, 6.45) is 3.53. The summed E-state index contributed by atoms with van der Waals surface area (Å²) in [7, 11) is 0. The Morgan fingerprint density at radius 1 is 1.29 bits per heavy atom. The highest BCUT2D eigenvalue weighted by atomic mass is 32.2. The predicted octanol–water partition coefficient (Wildman–Crippen LogP) is 3.64. The van der Waals surface area contributed by atoms with Crippen LogP contribution in [0.25, 0.3) is 11.4 Å². The SMILES string of the molecule is C=CCn1c(SCCn2nc(C)cc2C)nnc1-c1ccoc1C. The van der Waals surface area contributed by atoms with E-state index in [1.54, 1.807) is 18.0 Å². The van der Waals surface area contributed by atoms with Gasteiger partial charge in [0, 0.05) is 18.0 Å². The van der Waals surface area contributed by atoms with Crippen LogP contribution in [0, 0.1) is 20.8 Å². The second-order valence-corrected chi connectivity index (χ2v) is 6.66. The first-order chi connectivity index (χ1) is 11.6. The summed E-state index contributed by atoms with van der Waals surface area (Å²) in [6.45, 7) is 11.4. The minimum Gasteiger partial charge on any atom is -0.469 e. The van der Waals surface area contributed by atoms with Crippen LogP contribution < -0.4 is 0 Å². The summed E-state index contributed by atoms with van der Waals surface area (Å²) in [5.41, 5.74) is 3.19. The van der Waals surface area contributed by atoms with Gasteiger partial charge in [-0.1, -0.05) is 17.8 Å². The summed E-state index contributed by atoms with van der Waals surface area (Å²) in [5.74, 6) is 2.53. The fraction of sp³-hybridized carbons (Fsp3) is 0.353. The molecule has 7 heteroatoms. The minimum atomic E-state index is 0.662. The van der Waals surface area contributed by atoms with Crippen molar-refractivity contribution in [2.75, 3.05) is 5.75 Å². The topological polar surface area (TPSA) is 61.7 Å². The molecule has 0 amide bonds. The van der Waals surface area contributed by atoms with Crippen molar-refractivity contribution >= 4 is 11.8 Å². The van der Waals surface area contributed by atoms with Gasteiger partial charge in [0.1, 0.15) is 5.76 Å². The molecule has 0 aliphatic rings. The Balaban J connectivity index is 1.76. The van der Waals surface area contributed by atoms with Crippen LogP contribution in [-0.4, -0.2) is 30.3 Å². The van der Waals surface area contributed by atoms with Crippen LogP contribution in [0.5, 0.6) is 0 Å². The molecule has 3 aromatic rings. The van der Waals surface area contributed by atoms with Crippen LogP contribution in [0.1, 0.15) is 17.1 Å². The van der Waals surface area contributed by atoms with Crippen LogP contribution >= 0.6 is 11.8 Å². The van der Waals surface area contributed by atoms with Gasteiger partial charge in [0.2, 0.25) is 0 Å². The van der Waals surface area contributed by atoms with Crippen molar-refractivity contribution in [2.45, 2.75) is 39.0 Å². The van der Waals surface area contributed by atoms with Crippen LogP contribution in [0.3, 0.4) is 0 Å². The summed E-state index contributed by atoms with van der Waals surface area (Å²) in [4.78, 5) is 0. The second kappa shape index (κ2) is 7.09. The summed E-state index contributed by atoms with van der Waals surface area (Å²) in [6, 6.07) is 4.01. The Morgan fingerprint density at radius 2 is 2.12 bits per heavy atom. The molecule has 0 spiro atoms. The molecule has 24 heavy (non-hydrogen) atoms. The molecule has 0 aliphatic carbocycles. The monoisotopic (exact) mass is 343 g/mol. The molecule has 3 rings (SSSR count). The van der Waals surface area contributed by atoms with Crippen molar-refractivity contribution in [3.8, 4) is 11.4 Å². The predicted molar refractivity (Wildman–Crippen MR) is 95.1 cm³/mol. The Hall–Kier alpha value is -2.28. The first kappa shape index (κ1) is 16.6. The molecule has 0 aliphatic heterocycles. The molecule has 0 fully saturated rings. The van der Waals surface area contributed by atoms with Crippen molar-refractivity contribution in [3.05, 3.63) is 48.2 Å². The lowest BCUT2D eigenvalue weighted by atomic mass is 10.2. The zero-order valence-electron chi connectivity index (χ0n) is 14.2. The third kappa shape index (κ3) is 3.31. The molecule has 6 nitrogen and oxygen atoms in total. The molecule has 3 heterocycles. The Labute approximate surface area is 145 Å². The summed E-state index contributed by atoms with van der Waals surface area (Å²) in [5, 5.41) is 14.1. The number of allylic oxidation sites excluding steroid dienone is 1. The molecule has 0 bridgehead atoms. The van der Waals surface area contributed by atoms with E-state index in [0.29, 0.717) is 6.54 Å². The quantitative estimate of drug-likeness (QED) is 0.484. The van der Waals surface area contributed by atoms with Gasteiger partial charge in [-0.05, 0) is 32.9 Å². The van der Waals surface area contributed by atoms with Crippen LogP contribution in [-0.2, 0) is 13.1 Å². The molecule has 0 N–H and O–H groups in total. The second-order valence-electron chi connectivity index (χ2n) is 5.59. The van der Waals surface area contributed by atoms with Crippen molar-refractivity contribution in [1.82, 2.24) is 24.5 Å². The number of rotatable bonds is 7. The molecular formula is C17H21N5OS. The third-order valence-corrected chi connectivity index (χ3v) is 4.71. The Kier molecular flexibility index (Phi) is 4.89. The van der Waals surface area contributed by atoms with Gasteiger partial charge in [-0.25, -0.2) is 0 Å². The van der Waals surface area contributed by atoms with Crippen LogP contribution in [0.15, 0.2) is 40.6 Å².